The van der Waals surface area contributed by atoms with Gasteiger partial charge in [0.2, 0.25) is 5.91 Å². The van der Waals surface area contributed by atoms with E-state index in [0.29, 0.717) is 24.3 Å². The summed E-state index contributed by atoms with van der Waals surface area (Å²) in [6, 6.07) is 3.65. The Labute approximate surface area is 155 Å². The Morgan fingerprint density at radius 2 is 2.19 bits per heavy atom. The van der Waals surface area contributed by atoms with E-state index < -0.39 is 0 Å². The molecule has 2 aromatic rings. The number of hydrogen-bond acceptors (Lipinski definition) is 6. The fraction of sp³-hybridized carbons (Fsp3) is 0.500. The van der Waals surface area contributed by atoms with E-state index in [1.54, 1.807) is 12.1 Å². The van der Waals surface area contributed by atoms with E-state index >= 15 is 0 Å². The molecule has 138 valence electrons. The van der Waals surface area contributed by atoms with Crippen molar-refractivity contribution in [3.63, 3.8) is 0 Å². The minimum Gasteiger partial charge on any atom is -0.459 e. The predicted molar refractivity (Wildman–Crippen MR) is 98.2 cm³/mol. The van der Waals surface area contributed by atoms with Gasteiger partial charge in [-0.2, -0.15) is 0 Å². The number of carbonyl (C=O) groups excluding carboxylic acids is 2. The van der Waals surface area contributed by atoms with E-state index in [9.17, 15) is 9.59 Å². The zero-order valence-corrected chi connectivity index (χ0v) is 15.3. The van der Waals surface area contributed by atoms with E-state index in [0.717, 1.165) is 36.4 Å². The van der Waals surface area contributed by atoms with Crippen LogP contribution < -0.4 is 10.6 Å². The van der Waals surface area contributed by atoms with E-state index in [4.69, 9.17) is 4.42 Å². The molecule has 1 saturated carbocycles. The number of aromatic nitrogens is 1. The summed E-state index contributed by atoms with van der Waals surface area (Å²) >= 11 is 1.47. The van der Waals surface area contributed by atoms with Crippen LogP contribution in [0.1, 0.15) is 46.8 Å². The highest BCUT2D eigenvalue weighted by Gasteiger charge is 2.24. The van der Waals surface area contributed by atoms with Crippen molar-refractivity contribution < 1.29 is 14.0 Å². The number of hydrogen-bond donors (Lipinski definition) is 2. The van der Waals surface area contributed by atoms with Gasteiger partial charge in [0, 0.05) is 30.4 Å². The van der Waals surface area contributed by atoms with Crippen LogP contribution in [0.3, 0.4) is 0 Å². The van der Waals surface area contributed by atoms with Gasteiger partial charge in [-0.3, -0.25) is 19.8 Å². The summed E-state index contributed by atoms with van der Waals surface area (Å²) in [4.78, 5) is 32.1. The van der Waals surface area contributed by atoms with Crippen molar-refractivity contribution in [3.8, 4) is 0 Å². The Morgan fingerprint density at radius 1 is 1.35 bits per heavy atom. The Morgan fingerprint density at radius 3 is 2.96 bits per heavy atom. The third-order valence-corrected chi connectivity index (χ3v) is 5.86. The monoisotopic (exact) mass is 374 g/mol. The molecule has 0 spiro atoms. The maximum absolute atomic E-state index is 12.2. The molecule has 1 fully saturated rings. The number of rotatable bonds is 5. The van der Waals surface area contributed by atoms with E-state index in [1.165, 1.54) is 30.4 Å². The highest BCUT2D eigenvalue weighted by atomic mass is 32.1. The Bertz CT molecular complexity index is 780. The van der Waals surface area contributed by atoms with Gasteiger partial charge in [-0.05, 0) is 25.0 Å². The van der Waals surface area contributed by atoms with Crippen LogP contribution in [-0.2, 0) is 17.8 Å². The van der Waals surface area contributed by atoms with Crippen LogP contribution in [0.25, 0.3) is 0 Å². The first-order chi connectivity index (χ1) is 12.7. The molecule has 4 rings (SSSR count). The number of amides is 2. The minimum absolute atomic E-state index is 0.108. The second kappa shape index (κ2) is 7.59. The van der Waals surface area contributed by atoms with Gasteiger partial charge in [0.05, 0.1) is 18.5 Å². The summed E-state index contributed by atoms with van der Waals surface area (Å²) in [5.41, 5.74) is 1.01. The summed E-state index contributed by atoms with van der Waals surface area (Å²) in [7, 11) is 0. The quantitative estimate of drug-likeness (QED) is 0.839. The molecule has 0 atom stereocenters. The fourth-order valence-corrected chi connectivity index (χ4v) is 4.60. The summed E-state index contributed by atoms with van der Waals surface area (Å²) in [5.74, 6) is 0.0773. The lowest BCUT2D eigenvalue weighted by atomic mass is 10.2. The number of thiazole rings is 1. The molecule has 0 radical (unpaired) electrons. The summed E-state index contributed by atoms with van der Waals surface area (Å²) in [6.45, 7) is 1.92. The first-order valence-corrected chi connectivity index (χ1v) is 9.84. The first kappa shape index (κ1) is 17.2. The number of carbonyl (C=O) groups is 2. The standard InChI is InChI=1S/C18H22N4O3S/c23-16(19-12-4-1-2-5-12)11-22-8-7-13-15(10-22)26-18(20-13)21-17(24)14-6-3-9-25-14/h3,6,9,12H,1-2,4-5,7-8,10-11H2,(H,19,23)(H,20,21,24). The van der Waals surface area contributed by atoms with Crippen molar-refractivity contribution in [2.45, 2.75) is 44.7 Å². The largest absolute Gasteiger partial charge is 0.459 e. The Balaban J connectivity index is 1.32. The third-order valence-electron chi connectivity index (χ3n) is 4.86. The number of furan rings is 1. The van der Waals surface area contributed by atoms with Crippen LogP contribution in [0.2, 0.25) is 0 Å². The molecular formula is C18H22N4O3S. The van der Waals surface area contributed by atoms with Crippen LogP contribution in [0.15, 0.2) is 22.8 Å². The van der Waals surface area contributed by atoms with E-state index in [2.05, 4.69) is 20.5 Å². The zero-order valence-electron chi connectivity index (χ0n) is 14.5. The minimum atomic E-state index is -0.297. The Kier molecular flexibility index (Phi) is 5.03. The lowest BCUT2D eigenvalue weighted by molar-refractivity contribution is -0.123. The summed E-state index contributed by atoms with van der Waals surface area (Å²) in [6.07, 6.45) is 6.89. The molecule has 0 bridgehead atoms. The van der Waals surface area contributed by atoms with Gasteiger partial charge in [0.1, 0.15) is 0 Å². The zero-order chi connectivity index (χ0) is 17.9. The number of fused-ring (bicyclic) bond motifs is 1. The van der Waals surface area contributed by atoms with Crippen LogP contribution >= 0.6 is 11.3 Å². The highest BCUT2D eigenvalue weighted by molar-refractivity contribution is 7.15. The van der Waals surface area contributed by atoms with Crippen LogP contribution in [0.5, 0.6) is 0 Å². The molecule has 2 aliphatic rings. The van der Waals surface area contributed by atoms with E-state index in [-0.39, 0.29) is 17.6 Å². The SMILES string of the molecule is O=C(CN1CCc2nc(NC(=O)c3ccco3)sc2C1)NC1CCCC1. The first-order valence-electron chi connectivity index (χ1n) is 9.02. The van der Waals surface area contributed by atoms with Crippen LogP contribution in [0.4, 0.5) is 5.13 Å². The molecule has 8 heteroatoms. The van der Waals surface area contributed by atoms with Crippen molar-refractivity contribution in [1.29, 1.82) is 0 Å². The average molecular weight is 374 g/mol. The number of nitrogens with zero attached hydrogens (tertiary/aromatic N) is 2. The average Bonchev–Trinajstić information content (AvgIpc) is 3.35. The molecule has 2 aromatic heterocycles. The van der Waals surface area contributed by atoms with Crippen molar-refractivity contribution in [2.75, 3.05) is 18.4 Å². The molecule has 2 amide bonds. The maximum atomic E-state index is 12.2. The Hall–Kier alpha value is -2.19. The molecule has 2 N–H and O–H groups in total. The van der Waals surface area contributed by atoms with Crippen molar-refractivity contribution in [3.05, 3.63) is 34.7 Å². The van der Waals surface area contributed by atoms with Gasteiger partial charge < -0.3 is 9.73 Å². The smallest absolute Gasteiger partial charge is 0.293 e. The number of anilines is 1. The van der Waals surface area contributed by atoms with Gasteiger partial charge in [0.25, 0.3) is 5.91 Å². The molecule has 0 saturated heterocycles. The van der Waals surface area contributed by atoms with Gasteiger partial charge in [-0.1, -0.05) is 12.8 Å². The summed E-state index contributed by atoms with van der Waals surface area (Å²) in [5, 5.41) is 6.50. The van der Waals surface area contributed by atoms with Crippen molar-refractivity contribution >= 4 is 28.3 Å². The molecule has 1 aliphatic heterocycles. The predicted octanol–water partition coefficient (Wildman–Crippen LogP) is 2.41. The van der Waals surface area contributed by atoms with Gasteiger partial charge in [0.15, 0.2) is 10.9 Å². The topological polar surface area (TPSA) is 87.5 Å². The lowest BCUT2D eigenvalue weighted by Gasteiger charge is -2.25. The van der Waals surface area contributed by atoms with E-state index in [1.807, 2.05) is 0 Å². The second-order valence-corrected chi connectivity index (χ2v) is 7.91. The fourth-order valence-electron chi connectivity index (χ4n) is 3.55. The summed E-state index contributed by atoms with van der Waals surface area (Å²) < 4.78 is 5.10. The molecule has 0 unspecified atom stereocenters. The van der Waals surface area contributed by atoms with Gasteiger partial charge in [-0.15, -0.1) is 11.3 Å². The van der Waals surface area contributed by atoms with Gasteiger partial charge in [-0.25, -0.2) is 4.98 Å². The molecule has 3 heterocycles. The number of nitrogens with one attached hydrogen (secondary N) is 2. The molecule has 7 nitrogen and oxygen atoms in total. The van der Waals surface area contributed by atoms with Gasteiger partial charge >= 0.3 is 0 Å². The van der Waals surface area contributed by atoms with Crippen molar-refractivity contribution in [2.24, 2.45) is 0 Å². The molecule has 26 heavy (non-hydrogen) atoms. The van der Waals surface area contributed by atoms with Crippen LogP contribution in [-0.4, -0.2) is 40.8 Å². The normalized spacial score (nSPS) is 17.8. The lowest BCUT2D eigenvalue weighted by Crippen LogP contribution is -2.42. The third kappa shape index (κ3) is 3.96. The van der Waals surface area contributed by atoms with Crippen molar-refractivity contribution in [1.82, 2.24) is 15.2 Å². The molecule has 1 aliphatic carbocycles. The molecular weight excluding hydrogens is 352 g/mol. The second-order valence-electron chi connectivity index (χ2n) is 6.83. The molecule has 0 aromatic carbocycles. The van der Waals surface area contributed by atoms with Crippen LogP contribution in [0, 0.1) is 0 Å². The maximum Gasteiger partial charge on any atom is 0.293 e. The highest BCUT2D eigenvalue weighted by Crippen LogP contribution is 2.28.